The summed E-state index contributed by atoms with van der Waals surface area (Å²) in [7, 11) is 0. The number of para-hydroxylation sites is 1. The second kappa shape index (κ2) is 7.99. The van der Waals surface area contributed by atoms with Crippen LogP contribution in [0.4, 0.5) is 0 Å². The van der Waals surface area contributed by atoms with Gasteiger partial charge in [0.15, 0.2) is 0 Å². The van der Waals surface area contributed by atoms with Crippen LogP contribution < -0.4 is 0 Å². The van der Waals surface area contributed by atoms with Crippen molar-refractivity contribution in [1.29, 1.82) is 0 Å². The molecule has 0 saturated carbocycles. The molecule has 1 atom stereocenters. The number of nitrogens with one attached hydrogen (secondary N) is 1. The van der Waals surface area contributed by atoms with E-state index in [1.807, 2.05) is 48.5 Å². The molecule has 3 amide bonds. The summed E-state index contributed by atoms with van der Waals surface area (Å²) in [5, 5.41) is 1.11. The molecule has 0 spiro atoms. The fraction of sp³-hybridized carbons (Fsp3) is 0.179. The molecule has 2 aliphatic rings. The zero-order valence-electron chi connectivity index (χ0n) is 18.5. The van der Waals surface area contributed by atoms with Gasteiger partial charge in [-0.2, -0.15) is 0 Å². The van der Waals surface area contributed by atoms with Crippen molar-refractivity contribution in [3.63, 3.8) is 0 Å². The summed E-state index contributed by atoms with van der Waals surface area (Å²) in [6.07, 6.45) is 0.984. The number of rotatable bonds is 4. The zero-order valence-corrected chi connectivity index (χ0v) is 18.5. The molecule has 0 fully saturated rings. The van der Waals surface area contributed by atoms with E-state index in [1.54, 1.807) is 29.2 Å². The van der Waals surface area contributed by atoms with E-state index in [9.17, 15) is 14.4 Å². The Hall–Kier alpha value is -4.19. The van der Waals surface area contributed by atoms with Crippen LogP contribution in [-0.2, 0) is 24.2 Å². The third kappa shape index (κ3) is 3.22. The van der Waals surface area contributed by atoms with E-state index in [0.717, 1.165) is 27.7 Å². The van der Waals surface area contributed by atoms with Crippen LogP contribution in [0, 0.1) is 0 Å². The molecule has 6 heteroatoms. The van der Waals surface area contributed by atoms with E-state index in [1.165, 1.54) is 4.90 Å². The lowest BCUT2D eigenvalue weighted by atomic mass is 10.00. The second-order valence-electron chi connectivity index (χ2n) is 8.87. The normalized spacial score (nSPS) is 16.0. The van der Waals surface area contributed by atoms with Gasteiger partial charge in [-0.05, 0) is 23.8 Å². The number of benzene rings is 3. The Morgan fingerprint density at radius 2 is 1.50 bits per heavy atom. The number of imide groups is 1. The molecule has 1 unspecified atom stereocenters. The Morgan fingerprint density at radius 1 is 0.853 bits per heavy atom. The first-order valence-electron chi connectivity index (χ1n) is 11.5. The smallest absolute Gasteiger partial charge is 0.262 e. The maximum Gasteiger partial charge on any atom is 0.262 e. The lowest BCUT2D eigenvalue weighted by molar-refractivity contribution is -0.136. The number of carbonyl (C=O) groups excluding carboxylic acids is 3. The molecule has 168 valence electrons. The number of carbonyl (C=O) groups is 3. The minimum Gasteiger partial charge on any atom is -0.358 e. The first-order valence-corrected chi connectivity index (χ1v) is 11.5. The predicted octanol–water partition coefficient (Wildman–Crippen LogP) is 3.96. The molecule has 0 radical (unpaired) electrons. The lowest BCUT2D eigenvalue weighted by Gasteiger charge is -2.34. The summed E-state index contributed by atoms with van der Waals surface area (Å²) in [5.41, 5.74) is 4.93. The fourth-order valence-electron chi connectivity index (χ4n) is 5.18. The van der Waals surface area contributed by atoms with Crippen molar-refractivity contribution < 1.29 is 14.4 Å². The van der Waals surface area contributed by atoms with Crippen LogP contribution in [0.5, 0.6) is 0 Å². The van der Waals surface area contributed by atoms with E-state index in [0.29, 0.717) is 30.6 Å². The molecule has 4 aromatic rings. The Kier molecular flexibility index (Phi) is 4.80. The van der Waals surface area contributed by atoms with Crippen LogP contribution in [0.3, 0.4) is 0 Å². The standard InChI is InChI=1S/C28H23N3O3/c32-26-20-11-4-5-12-21(20)27(33)31(26)25(16-18-8-2-1-3-9-18)28(34)30-15-14-24-22(17-30)19-10-6-7-13-23(19)29-24/h1-13,25,29H,14-17H2. The molecule has 34 heavy (non-hydrogen) atoms. The van der Waals surface area contributed by atoms with E-state index in [-0.39, 0.29) is 12.3 Å². The summed E-state index contributed by atoms with van der Waals surface area (Å²) in [4.78, 5) is 47.0. The maximum absolute atomic E-state index is 14.0. The summed E-state index contributed by atoms with van der Waals surface area (Å²) < 4.78 is 0. The molecule has 3 heterocycles. The molecule has 2 aliphatic heterocycles. The minimum absolute atomic E-state index is 0.200. The maximum atomic E-state index is 14.0. The van der Waals surface area contributed by atoms with Gasteiger partial charge in [-0.25, -0.2) is 0 Å². The summed E-state index contributed by atoms with van der Waals surface area (Å²) >= 11 is 0. The third-order valence-electron chi connectivity index (χ3n) is 6.89. The minimum atomic E-state index is -0.901. The van der Waals surface area contributed by atoms with Crippen molar-refractivity contribution in [2.24, 2.45) is 0 Å². The molecule has 0 aliphatic carbocycles. The van der Waals surface area contributed by atoms with Gasteiger partial charge in [0.2, 0.25) is 5.91 Å². The summed E-state index contributed by atoms with van der Waals surface area (Å²) in [6.45, 7) is 0.986. The van der Waals surface area contributed by atoms with Crippen LogP contribution in [0.2, 0.25) is 0 Å². The monoisotopic (exact) mass is 449 g/mol. The SMILES string of the molecule is O=C(C(Cc1ccccc1)N1C(=O)c2ccccc2C1=O)N1CCc2[nH]c3ccccc3c2C1. The van der Waals surface area contributed by atoms with Crippen LogP contribution >= 0.6 is 0 Å². The molecule has 6 nitrogen and oxygen atoms in total. The highest BCUT2D eigenvalue weighted by Gasteiger charge is 2.44. The molecular weight excluding hydrogens is 426 g/mol. The number of hydrogen-bond acceptors (Lipinski definition) is 3. The molecule has 3 aromatic carbocycles. The highest BCUT2D eigenvalue weighted by atomic mass is 16.2. The third-order valence-corrected chi connectivity index (χ3v) is 6.89. The number of aromatic amines is 1. The van der Waals surface area contributed by atoms with Crippen LogP contribution in [0.1, 0.15) is 37.5 Å². The molecule has 0 bridgehead atoms. The molecule has 1 N–H and O–H groups in total. The van der Waals surface area contributed by atoms with Crippen molar-refractivity contribution in [3.05, 3.63) is 107 Å². The second-order valence-corrected chi connectivity index (χ2v) is 8.87. The van der Waals surface area contributed by atoms with Crippen LogP contribution in [0.25, 0.3) is 10.9 Å². The van der Waals surface area contributed by atoms with E-state index >= 15 is 0 Å². The van der Waals surface area contributed by atoms with Crippen molar-refractivity contribution in [2.45, 2.75) is 25.4 Å². The van der Waals surface area contributed by atoms with Gasteiger partial charge in [0.25, 0.3) is 11.8 Å². The highest BCUT2D eigenvalue weighted by molar-refractivity contribution is 6.22. The molecule has 1 aromatic heterocycles. The van der Waals surface area contributed by atoms with Gasteiger partial charge in [-0.1, -0.05) is 60.7 Å². The van der Waals surface area contributed by atoms with Gasteiger partial charge in [0.05, 0.1) is 11.1 Å². The average Bonchev–Trinajstić information content (AvgIpc) is 3.37. The molecule has 6 rings (SSSR count). The number of fused-ring (bicyclic) bond motifs is 4. The highest BCUT2D eigenvalue weighted by Crippen LogP contribution is 2.30. The predicted molar refractivity (Wildman–Crippen MR) is 128 cm³/mol. The van der Waals surface area contributed by atoms with Gasteiger partial charge in [0.1, 0.15) is 6.04 Å². The van der Waals surface area contributed by atoms with E-state index in [4.69, 9.17) is 0 Å². The zero-order chi connectivity index (χ0) is 23.2. The molecule has 0 saturated heterocycles. The van der Waals surface area contributed by atoms with Gasteiger partial charge >= 0.3 is 0 Å². The van der Waals surface area contributed by atoms with Crippen molar-refractivity contribution in [1.82, 2.24) is 14.8 Å². The first kappa shape index (κ1) is 20.4. The van der Waals surface area contributed by atoms with Crippen LogP contribution in [-0.4, -0.2) is 45.1 Å². The Labute approximate surface area is 196 Å². The first-order chi connectivity index (χ1) is 16.6. The van der Waals surface area contributed by atoms with Crippen LogP contribution in [0.15, 0.2) is 78.9 Å². The largest absolute Gasteiger partial charge is 0.358 e. The quantitative estimate of drug-likeness (QED) is 0.480. The van der Waals surface area contributed by atoms with Gasteiger partial charge in [-0.15, -0.1) is 0 Å². The summed E-state index contributed by atoms with van der Waals surface area (Å²) in [6, 6.07) is 23.5. The van der Waals surface area contributed by atoms with Crippen molar-refractivity contribution in [2.75, 3.05) is 6.54 Å². The van der Waals surface area contributed by atoms with Gasteiger partial charge in [0, 0.05) is 48.1 Å². The number of amides is 3. The Balaban J connectivity index is 1.36. The summed E-state index contributed by atoms with van der Waals surface area (Å²) in [5.74, 6) is -1.01. The topological polar surface area (TPSA) is 73.5 Å². The molecular formula is C28H23N3O3. The Bertz CT molecular complexity index is 1400. The van der Waals surface area contributed by atoms with Crippen molar-refractivity contribution in [3.8, 4) is 0 Å². The Morgan fingerprint density at radius 3 is 2.24 bits per heavy atom. The average molecular weight is 450 g/mol. The van der Waals surface area contributed by atoms with E-state index in [2.05, 4.69) is 11.1 Å². The number of hydrogen-bond donors (Lipinski definition) is 1. The number of nitrogens with zero attached hydrogens (tertiary/aromatic N) is 2. The van der Waals surface area contributed by atoms with Gasteiger partial charge in [-0.3, -0.25) is 19.3 Å². The number of aromatic nitrogens is 1. The van der Waals surface area contributed by atoms with Gasteiger partial charge < -0.3 is 9.88 Å². The van der Waals surface area contributed by atoms with E-state index < -0.39 is 17.9 Å². The lowest BCUT2D eigenvalue weighted by Crippen LogP contribution is -2.53. The fourth-order valence-corrected chi connectivity index (χ4v) is 5.18. The number of H-pyrrole nitrogens is 1. The van der Waals surface area contributed by atoms with Crippen molar-refractivity contribution >= 4 is 28.6 Å².